The Morgan fingerprint density at radius 3 is 2.74 bits per heavy atom. The van der Waals surface area contributed by atoms with Gasteiger partial charge in [0.2, 0.25) is 5.96 Å². The topological polar surface area (TPSA) is 124 Å². The Kier molecular flexibility index (Phi) is 5.55. The molecule has 1 rings (SSSR count). The molecule has 0 spiro atoms. The maximum absolute atomic E-state index is 13.7. The number of anilines is 1. The zero-order valence-corrected chi connectivity index (χ0v) is 10.6. The molecular weight excluding hydrogens is 251 g/mol. The van der Waals surface area contributed by atoms with Crippen LogP contribution in [-0.2, 0) is 4.74 Å². The first-order valence-electron chi connectivity index (χ1n) is 5.49. The molecule has 104 valence electrons. The summed E-state index contributed by atoms with van der Waals surface area (Å²) in [5, 5.41) is 2.87. The average molecular weight is 268 g/mol. The Balaban J connectivity index is 3.00. The van der Waals surface area contributed by atoms with Crippen molar-refractivity contribution in [1.82, 2.24) is 0 Å². The van der Waals surface area contributed by atoms with E-state index >= 15 is 0 Å². The lowest BCUT2D eigenvalue weighted by Crippen LogP contribution is -2.26. The maximum atomic E-state index is 13.7. The Morgan fingerprint density at radius 2 is 2.11 bits per heavy atom. The summed E-state index contributed by atoms with van der Waals surface area (Å²) >= 11 is 0. The van der Waals surface area contributed by atoms with Gasteiger partial charge in [0.05, 0.1) is 18.0 Å². The van der Waals surface area contributed by atoms with Gasteiger partial charge in [-0.15, -0.1) is 0 Å². The van der Waals surface area contributed by atoms with Crippen LogP contribution in [0.2, 0.25) is 0 Å². The lowest BCUT2D eigenvalue weighted by molar-refractivity contribution is 0.210. The van der Waals surface area contributed by atoms with E-state index in [9.17, 15) is 4.39 Å². The van der Waals surface area contributed by atoms with Crippen molar-refractivity contribution in [2.24, 2.45) is 27.2 Å². The van der Waals surface area contributed by atoms with Crippen LogP contribution in [0, 0.1) is 5.82 Å². The Labute approximate surface area is 110 Å². The summed E-state index contributed by atoms with van der Waals surface area (Å²) < 4.78 is 18.6. The van der Waals surface area contributed by atoms with Gasteiger partial charge in [0, 0.05) is 13.7 Å². The van der Waals surface area contributed by atoms with Gasteiger partial charge in [-0.2, -0.15) is 4.99 Å². The van der Waals surface area contributed by atoms with Gasteiger partial charge in [-0.3, -0.25) is 0 Å². The monoisotopic (exact) mass is 268 g/mol. The van der Waals surface area contributed by atoms with E-state index < -0.39 is 5.82 Å². The highest BCUT2D eigenvalue weighted by Gasteiger charge is 2.07. The highest BCUT2D eigenvalue weighted by molar-refractivity contribution is 5.94. The van der Waals surface area contributed by atoms with E-state index in [0.29, 0.717) is 18.8 Å². The molecule has 0 amide bonds. The summed E-state index contributed by atoms with van der Waals surface area (Å²) in [7, 11) is 1.55. The number of guanidine groups is 2. The van der Waals surface area contributed by atoms with Crippen LogP contribution < -0.4 is 22.5 Å². The predicted molar refractivity (Wildman–Crippen MR) is 73.9 cm³/mol. The number of rotatable bonds is 5. The number of hydrogen-bond acceptors (Lipinski definition) is 3. The maximum Gasteiger partial charge on any atom is 0.223 e. The van der Waals surface area contributed by atoms with E-state index in [0.717, 1.165) is 0 Å². The van der Waals surface area contributed by atoms with Crippen LogP contribution in [0.3, 0.4) is 0 Å². The molecule has 0 radical (unpaired) electrons. The first kappa shape index (κ1) is 14.7. The van der Waals surface area contributed by atoms with Crippen LogP contribution in [-0.4, -0.2) is 32.2 Å². The van der Waals surface area contributed by atoms with Gasteiger partial charge in [0.15, 0.2) is 5.96 Å². The summed E-state index contributed by atoms with van der Waals surface area (Å²) in [5.41, 5.74) is 16.4. The number of hydrogen-bond donors (Lipinski definition) is 4. The van der Waals surface area contributed by atoms with Crippen LogP contribution in [0.25, 0.3) is 0 Å². The third-order valence-corrected chi connectivity index (χ3v) is 2.08. The van der Waals surface area contributed by atoms with Gasteiger partial charge < -0.3 is 27.3 Å². The molecule has 7 N–H and O–H groups in total. The van der Waals surface area contributed by atoms with Gasteiger partial charge in [-0.1, -0.05) is 6.07 Å². The Morgan fingerprint density at radius 1 is 1.37 bits per heavy atom. The fourth-order valence-electron chi connectivity index (χ4n) is 1.34. The second-order valence-electron chi connectivity index (χ2n) is 3.56. The minimum Gasteiger partial charge on any atom is -0.383 e. The molecule has 0 saturated carbocycles. The molecule has 0 aliphatic carbocycles. The zero-order valence-electron chi connectivity index (χ0n) is 10.6. The first-order valence-corrected chi connectivity index (χ1v) is 5.49. The Hall–Kier alpha value is -2.35. The van der Waals surface area contributed by atoms with E-state index in [1.54, 1.807) is 13.2 Å². The third kappa shape index (κ3) is 4.80. The van der Waals surface area contributed by atoms with Crippen LogP contribution >= 0.6 is 0 Å². The summed E-state index contributed by atoms with van der Waals surface area (Å²) in [6.45, 7) is 0.864. The SMILES string of the molecule is COCCNc1c(F)cccc1N=C(N)N=C(N)N. The number of aliphatic imine (C=N–C) groups is 2. The molecule has 0 bridgehead atoms. The number of halogens is 1. The molecule has 0 saturated heterocycles. The van der Waals surface area contributed by atoms with Crippen molar-refractivity contribution in [3.05, 3.63) is 24.0 Å². The van der Waals surface area contributed by atoms with Crippen molar-refractivity contribution in [3.63, 3.8) is 0 Å². The molecule has 0 fully saturated rings. The normalized spacial score (nSPS) is 11.2. The van der Waals surface area contributed by atoms with Crippen molar-refractivity contribution in [3.8, 4) is 0 Å². The van der Waals surface area contributed by atoms with Crippen molar-refractivity contribution in [2.75, 3.05) is 25.6 Å². The van der Waals surface area contributed by atoms with Crippen LogP contribution in [0.15, 0.2) is 28.2 Å². The van der Waals surface area contributed by atoms with Gasteiger partial charge >= 0.3 is 0 Å². The highest BCUT2D eigenvalue weighted by atomic mass is 19.1. The van der Waals surface area contributed by atoms with Gasteiger partial charge in [0.25, 0.3) is 0 Å². The second-order valence-corrected chi connectivity index (χ2v) is 3.56. The van der Waals surface area contributed by atoms with Gasteiger partial charge in [-0.05, 0) is 12.1 Å². The van der Waals surface area contributed by atoms with Crippen molar-refractivity contribution >= 4 is 23.3 Å². The standard InChI is InChI=1S/C11H17FN6O/c1-19-6-5-16-9-7(12)3-2-4-8(9)17-11(15)18-10(13)14/h2-4,16H,5-6H2,1H3,(H6,13,14,15,17,18). The molecule has 1 aromatic rings. The van der Waals surface area contributed by atoms with Crippen molar-refractivity contribution in [1.29, 1.82) is 0 Å². The minimum absolute atomic E-state index is 0.152. The molecule has 8 heteroatoms. The van der Waals surface area contributed by atoms with Gasteiger partial charge in [-0.25, -0.2) is 9.38 Å². The van der Waals surface area contributed by atoms with Gasteiger partial charge in [0.1, 0.15) is 5.82 Å². The third-order valence-electron chi connectivity index (χ3n) is 2.08. The number of benzene rings is 1. The van der Waals surface area contributed by atoms with Crippen LogP contribution in [0.4, 0.5) is 15.8 Å². The number of nitrogens with two attached hydrogens (primary N) is 3. The zero-order chi connectivity index (χ0) is 14.3. The first-order chi connectivity index (χ1) is 9.04. The molecule has 7 nitrogen and oxygen atoms in total. The summed E-state index contributed by atoms with van der Waals surface area (Å²) in [6, 6.07) is 4.41. The number of para-hydroxylation sites is 1. The quantitative estimate of drug-likeness (QED) is 0.342. The smallest absolute Gasteiger partial charge is 0.223 e. The van der Waals surface area contributed by atoms with E-state index in [2.05, 4.69) is 15.3 Å². The molecule has 0 atom stereocenters. The molecule has 0 heterocycles. The predicted octanol–water partition coefficient (Wildman–Crippen LogP) is 0.104. The van der Waals surface area contributed by atoms with Crippen LogP contribution in [0.5, 0.6) is 0 Å². The molecule has 0 aromatic heterocycles. The number of methoxy groups -OCH3 is 1. The van der Waals surface area contributed by atoms with E-state index in [-0.39, 0.29) is 17.6 Å². The molecule has 0 unspecified atom stereocenters. The number of nitrogens with zero attached hydrogens (tertiary/aromatic N) is 2. The minimum atomic E-state index is -0.449. The number of nitrogens with one attached hydrogen (secondary N) is 1. The summed E-state index contributed by atoms with van der Waals surface area (Å²) in [4.78, 5) is 7.51. The summed E-state index contributed by atoms with van der Waals surface area (Å²) in [6.07, 6.45) is 0. The fourth-order valence-corrected chi connectivity index (χ4v) is 1.34. The van der Waals surface area contributed by atoms with E-state index in [1.807, 2.05) is 0 Å². The second kappa shape index (κ2) is 7.17. The van der Waals surface area contributed by atoms with E-state index in [4.69, 9.17) is 21.9 Å². The average Bonchev–Trinajstić information content (AvgIpc) is 2.31. The fraction of sp³-hybridized carbons (Fsp3) is 0.273. The van der Waals surface area contributed by atoms with Crippen LogP contribution in [0.1, 0.15) is 0 Å². The molecular formula is C11H17FN6O. The molecule has 0 aliphatic heterocycles. The van der Waals surface area contributed by atoms with E-state index in [1.165, 1.54) is 12.1 Å². The number of ether oxygens (including phenoxy) is 1. The molecule has 19 heavy (non-hydrogen) atoms. The molecule has 1 aromatic carbocycles. The molecule has 0 aliphatic rings. The summed E-state index contributed by atoms with van der Waals surface area (Å²) in [5.74, 6) is -0.818. The highest BCUT2D eigenvalue weighted by Crippen LogP contribution is 2.27. The largest absolute Gasteiger partial charge is 0.383 e. The lowest BCUT2D eigenvalue weighted by Gasteiger charge is -2.09. The van der Waals surface area contributed by atoms with Crippen molar-refractivity contribution in [2.45, 2.75) is 0 Å². The van der Waals surface area contributed by atoms with Crippen molar-refractivity contribution < 1.29 is 9.13 Å². The lowest BCUT2D eigenvalue weighted by atomic mass is 10.2. The Bertz CT molecular complexity index is 484.